The van der Waals surface area contributed by atoms with Crippen LogP contribution >= 0.6 is 22.6 Å². The number of nitrogens with zero attached hydrogens (tertiary/aromatic N) is 10. The van der Waals surface area contributed by atoms with Crippen LogP contribution in [-0.2, 0) is 22.9 Å². The molecule has 3 aromatic carbocycles. The highest BCUT2D eigenvalue weighted by Gasteiger charge is 2.44. The van der Waals surface area contributed by atoms with Crippen LogP contribution in [0, 0.1) is 31.7 Å². The fourth-order valence-electron chi connectivity index (χ4n) is 12.4. The molecule has 0 atom stereocenters. The van der Waals surface area contributed by atoms with E-state index in [0.717, 1.165) is 67.8 Å². The molecule has 0 unspecified atom stereocenters. The zero-order chi connectivity index (χ0) is 65.8. The van der Waals surface area contributed by atoms with Gasteiger partial charge < -0.3 is 33.4 Å². The van der Waals surface area contributed by atoms with Crippen molar-refractivity contribution in [2.24, 2.45) is 28.1 Å². The lowest BCUT2D eigenvalue weighted by molar-refractivity contribution is 0.0842. The molecule has 1 N–H and O–H groups in total. The van der Waals surface area contributed by atoms with Crippen LogP contribution in [0.5, 0.6) is 0 Å². The summed E-state index contributed by atoms with van der Waals surface area (Å²) >= 11 is 2.29. The monoisotopic (exact) mass is 1390 g/mol. The smallest absolute Gasteiger partial charge is 0.171 e. The van der Waals surface area contributed by atoms with Gasteiger partial charge in [0.05, 0.1) is 52.4 Å². The van der Waals surface area contributed by atoms with E-state index in [1.165, 1.54) is 43.6 Å². The van der Waals surface area contributed by atoms with Crippen LogP contribution in [0.4, 0.5) is 11.4 Å². The molecule has 2 aliphatic carbocycles. The summed E-state index contributed by atoms with van der Waals surface area (Å²) in [5.41, 5.74) is 12.3. The standard InChI is InChI=1S/C28H38N4O2Si.C23H30IN3O2Si.C22H24N4O/c1-28(2,3)26(33)23-17-31(18-34-10-11-35(4,5)6)27-25(23)30-24(15-29-27)20-8-7-9-21(14-20)32-16-19-12-22(32)13-19;1-23(2,3)21(28)18-14-27(15-29-10-11-30(4,5)6)22-20(18)26-19(13-25-22)16-8-7-9-17(24)12-16;1-22(2,3)20(27)17-10-23-21-19(17)25-18(11-24-21)14-5-4-6-15(9-14)26-12-13-7-16(26)8-13/h7-9,14-15,17,19,22H,10-13,16,18H2,1-6H3;7-9,12-14H,10-11,15H2,1-6H3;4-6,9-11,13,16H,7-8,12H2,1-3H3,(H,23,24). The lowest BCUT2D eigenvalue weighted by atomic mass is 9.86. The molecular formula is C73H92IN11O5Si2. The van der Waals surface area contributed by atoms with Crippen molar-refractivity contribution in [2.75, 3.05) is 36.1 Å². The quantitative estimate of drug-likeness (QED) is 0.0371. The van der Waals surface area contributed by atoms with Gasteiger partial charge in [-0.25, -0.2) is 29.9 Å². The summed E-state index contributed by atoms with van der Waals surface area (Å²) in [7, 11) is -2.32. The van der Waals surface area contributed by atoms with E-state index in [9.17, 15) is 14.4 Å². The Bertz CT molecular complexity index is 4200. The number of hydrogen-bond acceptors (Lipinski definition) is 13. The maximum absolute atomic E-state index is 13.3. The highest BCUT2D eigenvalue weighted by molar-refractivity contribution is 14.1. The second-order valence-corrected chi connectivity index (χ2v) is 43.9. The predicted octanol–water partition coefficient (Wildman–Crippen LogP) is 16.9. The minimum absolute atomic E-state index is 0.0578. The first-order valence-electron chi connectivity index (χ1n) is 32.7. The van der Waals surface area contributed by atoms with Gasteiger partial charge >= 0.3 is 0 Å². The van der Waals surface area contributed by atoms with Crippen LogP contribution in [0.15, 0.2) is 110 Å². The maximum atomic E-state index is 13.3. The first-order chi connectivity index (χ1) is 43.3. The van der Waals surface area contributed by atoms with E-state index in [-0.39, 0.29) is 17.3 Å². The number of carbonyl (C=O) groups excluding carboxylic acids is 3. The fraction of sp³-hybridized carbons (Fsp3) is 0.466. The fourth-order valence-corrected chi connectivity index (χ4v) is 14.5. The molecule has 16 nitrogen and oxygen atoms in total. The number of rotatable bonds is 18. The summed E-state index contributed by atoms with van der Waals surface area (Å²) in [6.45, 7) is 35.9. The maximum Gasteiger partial charge on any atom is 0.171 e. The van der Waals surface area contributed by atoms with Crippen LogP contribution in [-0.4, -0.2) is 116 Å². The molecule has 0 radical (unpaired) electrons. The third-order valence-electron chi connectivity index (χ3n) is 18.0. The van der Waals surface area contributed by atoms with E-state index < -0.39 is 32.4 Å². The van der Waals surface area contributed by atoms with E-state index >= 15 is 0 Å². The van der Waals surface area contributed by atoms with Crippen molar-refractivity contribution in [2.45, 2.75) is 165 Å². The van der Waals surface area contributed by atoms with Gasteiger partial charge in [-0.05, 0) is 109 Å². The van der Waals surface area contributed by atoms with E-state index in [2.05, 4.69) is 141 Å². The number of aromatic nitrogens is 9. The van der Waals surface area contributed by atoms with Gasteiger partial charge in [0.15, 0.2) is 34.3 Å². The molecule has 6 aliphatic rings. The van der Waals surface area contributed by atoms with E-state index in [1.54, 1.807) is 18.6 Å². The largest absolute Gasteiger partial charge is 0.368 e. The topological polar surface area (TPSA) is 179 Å². The predicted molar refractivity (Wildman–Crippen MR) is 385 cm³/mol. The molecule has 4 bridgehead atoms. The van der Waals surface area contributed by atoms with Crippen LogP contribution in [0.3, 0.4) is 0 Å². The van der Waals surface area contributed by atoms with Crippen molar-refractivity contribution in [3.05, 3.63) is 130 Å². The van der Waals surface area contributed by atoms with Gasteiger partial charge in [-0.15, -0.1) is 0 Å². The van der Waals surface area contributed by atoms with Crippen molar-refractivity contribution in [1.82, 2.24) is 44.0 Å². The molecule has 2 saturated carbocycles. The first kappa shape index (κ1) is 66.7. The number of ether oxygens (including phenoxy) is 2. The molecule has 19 heteroatoms. The van der Waals surface area contributed by atoms with Crippen LogP contribution in [0.1, 0.15) is 119 Å². The van der Waals surface area contributed by atoms with Crippen LogP contribution < -0.4 is 9.80 Å². The normalized spacial score (nSPS) is 18.0. The SMILES string of the molecule is CC(C)(C)C(=O)c1c[nH]c2ncc(-c3cccc(N4CC5CC4C5)c3)nc12.CC(C)(C)C(=O)c1cn(COCC[Si](C)(C)C)c2ncc(-c3cccc(I)c3)nc12.CC(C)(C)C(=O)c1cn(COCC[Si](C)(C)C)c2ncc(-c3cccc(N4CC5CC4C5)c3)nc12. The number of hydrogen-bond donors (Lipinski definition) is 1. The zero-order valence-corrected chi connectivity index (χ0v) is 60.7. The number of fused-ring (bicyclic) bond motifs is 5. The average molecular weight is 1390 g/mol. The molecule has 6 fully saturated rings. The second kappa shape index (κ2) is 26.2. The number of Topliss-reactive ketones (excluding diaryl/α,β-unsaturated/α-hetero) is 3. The summed E-state index contributed by atoms with van der Waals surface area (Å²) in [5.74, 6) is 1.94. The Hall–Kier alpha value is -6.79. The van der Waals surface area contributed by atoms with Gasteiger partial charge in [0.2, 0.25) is 0 Å². The van der Waals surface area contributed by atoms with Crippen molar-refractivity contribution in [1.29, 1.82) is 0 Å². The molecule has 9 aromatic rings. The lowest BCUT2D eigenvalue weighted by Gasteiger charge is -2.27. The van der Waals surface area contributed by atoms with Crippen LogP contribution in [0.2, 0.25) is 51.4 Å². The Labute approximate surface area is 558 Å². The number of ketones is 3. The number of H-pyrrole nitrogens is 1. The Kier molecular flexibility index (Phi) is 19.0. The number of nitrogens with one attached hydrogen (secondary N) is 1. The number of aromatic amines is 1. The molecule has 0 amide bonds. The van der Waals surface area contributed by atoms with Gasteiger partial charge in [-0.2, -0.15) is 0 Å². The zero-order valence-electron chi connectivity index (χ0n) is 56.6. The van der Waals surface area contributed by atoms with E-state index in [0.29, 0.717) is 88.9 Å². The number of carbonyl (C=O) groups is 3. The number of anilines is 2. The van der Waals surface area contributed by atoms with Crippen molar-refractivity contribution < 1.29 is 23.9 Å². The summed E-state index contributed by atoms with van der Waals surface area (Å²) in [6, 6.07) is 28.9. The van der Waals surface area contributed by atoms with Gasteiger partial charge in [0.1, 0.15) is 30.0 Å². The van der Waals surface area contributed by atoms with Gasteiger partial charge in [0, 0.05) is 121 Å². The van der Waals surface area contributed by atoms with Crippen molar-refractivity contribution in [3.63, 3.8) is 0 Å². The Morgan fingerprint density at radius 1 is 0.533 bits per heavy atom. The van der Waals surface area contributed by atoms with Crippen molar-refractivity contribution in [3.8, 4) is 33.8 Å². The van der Waals surface area contributed by atoms with Crippen molar-refractivity contribution >= 4 is 101 Å². The summed E-state index contributed by atoms with van der Waals surface area (Å²) in [4.78, 5) is 76.0. The van der Waals surface area contributed by atoms with E-state index in [4.69, 9.17) is 29.4 Å². The number of halogens is 1. The molecule has 92 heavy (non-hydrogen) atoms. The summed E-state index contributed by atoms with van der Waals surface area (Å²) in [5, 5.41) is 0. The second-order valence-electron chi connectivity index (χ2n) is 31.4. The average Bonchev–Trinajstić information content (AvgIpc) is 1.63. The third kappa shape index (κ3) is 15.1. The highest BCUT2D eigenvalue weighted by atomic mass is 127. The van der Waals surface area contributed by atoms with Gasteiger partial charge in [-0.1, -0.05) is 138 Å². The molecule has 6 aromatic heterocycles. The van der Waals surface area contributed by atoms with Gasteiger partial charge in [-0.3, -0.25) is 14.4 Å². The van der Waals surface area contributed by atoms with Crippen LogP contribution in [0.25, 0.3) is 67.3 Å². The van der Waals surface area contributed by atoms with Gasteiger partial charge in [0.25, 0.3) is 0 Å². The molecular weight excluding hydrogens is 1290 g/mol. The summed E-state index contributed by atoms with van der Waals surface area (Å²) in [6.07, 6.45) is 16.2. The molecule has 15 rings (SSSR count). The minimum atomic E-state index is -1.17. The molecule has 4 saturated heterocycles. The third-order valence-corrected chi connectivity index (χ3v) is 22.1. The Morgan fingerprint density at radius 2 is 0.924 bits per heavy atom. The molecule has 0 spiro atoms. The molecule has 10 heterocycles. The first-order valence-corrected chi connectivity index (χ1v) is 41.2. The minimum Gasteiger partial charge on any atom is -0.368 e. The molecule has 484 valence electrons. The molecule has 4 aliphatic heterocycles. The summed E-state index contributed by atoms with van der Waals surface area (Å²) < 4.78 is 16.9. The Balaban J connectivity index is 0.000000143. The van der Waals surface area contributed by atoms with E-state index in [1.807, 2.05) is 108 Å². The lowest BCUT2D eigenvalue weighted by Crippen LogP contribution is -2.28. The number of benzene rings is 3. The Morgan fingerprint density at radius 3 is 1.32 bits per heavy atom. The highest BCUT2D eigenvalue weighted by Crippen LogP contribution is 2.45.